The van der Waals surface area contributed by atoms with Crippen LogP contribution in [0.1, 0.15) is 47.4 Å². The molecular weight excluding hydrogens is 398 g/mol. The second kappa shape index (κ2) is 8.22. The molecule has 2 aliphatic heterocycles. The van der Waals surface area contributed by atoms with Crippen LogP contribution in [0.4, 0.5) is 17.1 Å². The molecule has 2 aromatic carbocycles. The molecule has 1 saturated heterocycles. The molecule has 4 rings (SSSR count). The highest BCUT2D eigenvalue weighted by atomic mass is 16.5. The van der Waals surface area contributed by atoms with E-state index in [9.17, 15) is 19.2 Å². The molecule has 1 fully saturated rings. The van der Waals surface area contributed by atoms with Gasteiger partial charge in [0.15, 0.2) is 11.9 Å². The number of hydrogen-bond donors (Lipinski definition) is 2. The molecule has 0 spiro atoms. The summed E-state index contributed by atoms with van der Waals surface area (Å²) < 4.78 is 5.31. The number of ether oxygens (including phenoxy) is 1. The second-order valence-electron chi connectivity index (χ2n) is 7.71. The van der Waals surface area contributed by atoms with Crippen molar-refractivity contribution in [2.24, 2.45) is 0 Å². The number of para-hydroxylation sites is 1. The van der Waals surface area contributed by atoms with Gasteiger partial charge in [-0.3, -0.25) is 14.4 Å². The molecule has 0 radical (unpaired) electrons. The summed E-state index contributed by atoms with van der Waals surface area (Å²) in [5.41, 5.74) is 2.41. The van der Waals surface area contributed by atoms with Gasteiger partial charge in [0.25, 0.3) is 5.91 Å². The predicted octanol–water partition coefficient (Wildman–Crippen LogP) is 2.99. The van der Waals surface area contributed by atoms with E-state index in [1.807, 2.05) is 4.90 Å². The van der Waals surface area contributed by atoms with Crippen LogP contribution in [-0.2, 0) is 14.3 Å². The lowest BCUT2D eigenvalue weighted by molar-refractivity contribution is -0.123. The molecule has 0 aliphatic carbocycles. The number of anilines is 3. The quantitative estimate of drug-likeness (QED) is 0.568. The Hall–Kier alpha value is -3.68. The normalized spacial score (nSPS) is 17.8. The van der Waals surface area contributed by atoms with E-state index in [4.69, 9.17) is 4.74 Å². The van der Waals surface area contributed by atoms with Gasteiger partial charge in [-0.1, -0.05) is 12.1 Å². The lowest BCUT2D eigenvalue weighted by Crippen LogP contribution is -2.43. The van der Waals surface area contributed by atoms with E-state index in [2.05, 4.69) is 10.6 Å². The lowest BCUT2D eigenvalue weighted by Gasteiger charge is -2.33. The Morgan fingerprint density at radius 3 is 2.74 bits per heavy atom. The van der Waals surface area contributed by atoms with Crippen molar-refractivity contribution in [1.29, 1.82) is 0 Å². The number of hydrogen-bond acceptors (Lipinski definition) is 6. The molecule has 8 nitrogen and oxygen atoms in total. The fourth-order valence-corrected chi connectivity index (χ4v) is 3.97. The largest absolute Gasteiger partial charge is 0.449 e. The molecule has 8 heteroatoms. The maximum atomic E-state index is 12.6. The number of esters is 1. The van der Waals surface area contributed by atoms with Crippen molar-refractivity contribution in [3.8, 4) is 0 Å². The van der Waals surface area contributed by atoms with E-state index in [1.54, 1.807) is 42.5 Å². The Balaban J connectivity index is 1.45. The highest BCUT2D eigenvalue weighted by Gasteiger charge is 2.36. The van der Waals surface area contributed by atoms with Crippen molar-refractivity contribution in [2.75, 3.05) is 22.1 Å². The number of carbonyl (C=O) groups excluding carboxylic acids is 4. The summed E-state index contributed by atoms with van der Waals surface area (Å²) in [4.78, 5) is 51.1. The number of Topliss-reactive ketones (excluding diaryl/α,β-unsaturated/α-hetero) is 1. The SMILES string of the molecule is CC(=O)c1ccccc1NC(=O)[C@@H](C)OC(=O)c1ccc2c(c1)NC(=O)[C@@H]1CCCN21. The van der Waals surface area contributed by atoms with Gasteiger partial charge in [0, 0.05) is 12.1 Å². The smallest absolute Gasteiger partial charge is 0.338 e. The number of nitrogens with one attached hydrogen (secondary N) is 2. The first kappa shape index (κ1) is 20.6. The fourth-order valence-electron chi connectivity index (χ4n) is 3.97. The average Bonchev–Trinajstić information content (AvgIpc) is 3.24. The summed E-state index contributed by atoms with van der Waals surface area (Å²) in [6, 6.07) is 11.5. The van der Waals surface area contributed by atoms with Gasteiger partial charge in [-0.2, -0.15) is 0 Å². The van der Waals surface area contributed by atoms with Crippen LogP contribution in [0, 0.1) is 0 Å². The molecule has 2 heterocycles. The third kappa shape index (κ3) is 4.01. The van der Waals surface area contributed by atoms with Crippen LogP contribution in [0.5, 0.6) is 0 Å². The maximum Gasteiger partial charge on any atom is 0.338 e. The number of nitrogens with zero attached hydrogens (tertiary/aromatic N) is 1. The van der Waals surface area contributed by atoms with Gasteiger partial charge in [-0.25, -0.2) is 4.79 Å². The van der Waals surface area contributed by atoms with E-state index in [-0.39, 0.29) is 23.3 Å². The highest BCUT2D eigenvalue weighted by Crippen LogP contribution is 2.37. The molecule has 0 aromatic heterocycles. The number of amides is 2. The van der Waals surface area contributed by atoms with Gasteiger partial charge in [0.2, 0.25) is 5.91 Å². The minimum atomic E-state index is -1.08. The van der Waals surface area contributed by atoms with Crippen LogP contribution in [-0.4, -0.2) is 42.3 Å². The fraction of sp³-hybridized carbons (Fsp3) is 0.304. The maximum absolute atomic E-state index is 12.6. The lowest BCUT2D eigenvalue weighted by atomic mass is 10.1. The van der Waals surface area contributed by atoms with Crippen LogP contribution in [0.15, 0.2) is 42.5 Å². The monoisotopic (exact) mass is 421 g/mol. The molecule has 2 N–H and O–H groups in total. The van der Waals surface area contributed by atoms with Crippen molar-refractivity contribution in [3.63, 3.8) is 0 Å². The van der Waals surface area contributed by atoms with Crippen LogP contribution in [0.25, 0.3) is 0 Å². The Bertz CT molecular complexity index is 1080. The summed E-state index contributed by atoms with van der Waals surface area (Å²) in [7, 11) is 0. The van der Waals surface area contributed by atoms with Crippen molar-refractivity contribution >= 4 is 40.6 Å². The first-order valence-corrected chi connectivity index (χ1v) is 10.2. The predicted molar refractivity (Wildman–Crippen MR) is 115 cm³/mol. The topological polar surface area (TPSA) is 105 Å². The Labute approximate surface area is 179 Å². The molecule has 2 aromatic rings. The van der Waals surface area contributed by atoms with Crippen LogP contribution < -0.4 is 15.5 Å². The first-order valence-electron chi connectivity index (χ1n) is 10.2. The second-order valence-corrected chi connectivity index (χ2v) is 7.71. The van der Waals surface area contributed by atoms with Crippen LogP contribution in [0.3, 0.4) is 0 Å². The van der Waals surface area contributed by atoms with Crippen LogP contribution >= 0.6 is 0 Å². The van der Waals surface area contributed by atoms with Gasteiger partial charge < -0.3 is 20.3 Å². The number of ketones is 1. The minimum Gasteiger partial charge on any atom is -0.449 e. The summed E-state index contributed by atoms with van der Waals surface area (Å²) in [5.74, 6) is -1.49. The zero-order chi connectivity index (χ0) is 22.1. The van der Waals surface area contributed by atoms with Gasteiger partial charge >= 0.3 is 5.97 Å². The van der Waals surface area contributed by atoms with E-state index in [0.717, 1.165) is 25.1 Å². The molecule has 0 bridgehead atoms. The summed E-state index contributed by atoms with van der Waals surface area (Å²) in [6.45, 7) is 3.67. The molecular formula is C23H23N3O5. The van der Waals surface area contributed by atoms with Gasteiger partial charge in [0.05, 0.1) is 22.6 Å². The number of carbonyl (C=O) groups is 4. The third-order valence-electron chi connectivity index (χ3n) is 5.57. The van der Waals surface area contributed by atoms with Crippen molar-refractivity contribution < 1.29 is 23.9 Å². The van der Waals surface area contributed by atoms with Gasteiger partial charge in [-0.15, -0.1) is 0 Å². The molecule has 2 aliphatic rings. The zero-order valence-electron chi connectivity index (χ0n) is 17.3. The number of fused-ring (bicyclic) bond motifs is 3. The van der Waals surface area contributed by atoms with Gasteiger partial charge in [-0.05, 0) is 57.0 Å². The van der Waals surface area contributed by atoms with E-state index < -0.39 is 18.0 Å². The Kier molecular flexibility index (Phi) is 5.46. The highest BCUT2D eigenvalue weighted by molar-refractivity contribution is 6.07. The number of rotatable bonds is 5. The summed E-state index contributed by atoms with van der Waals surface area (Å²) >= 11 is 0. The molecule has 0 unspecified atom stereocenters. The van der Waals surface area contributed by atoms with Crippen molar-refractivity contribution in [3.05, 3.63) is 53.6 Å². The molecule has 0 saturated carbocycles. The molecule has 2 amide bonds. The molecule has 160 valence electrons. The number of benzene rings is 2. The van der Waals surface area contributed by atoms with E-state index in [0.29, 0.717) is 16.9 Å². The summed E-state index contributed by atoms with van der Waals surface area (Å²) in [6.07, 6.45) is 0.677. The van der Waals surface area contributed by atoms with E-state index >= 15 is 0 Å². The van der Waals surface area contributed by atoms with Crippen molar-refractivity contribution in [2.45, 2.75) is 38.8 Å². The van der Waals surface area contributed by atoms with Crippen LogP contribution in [0.2, 0.25) is 0 Å². The standard InChI is InChI=1S/C23H23N3O5/c1-13(27)16-6-3-4-7-17(16)24-21(28)14(2)31-23(30)15-9-10-19-18(12-15)25-22(29)20-8-5-11-26(19)20/h3-4,6-7,9-10,12,14,20H,5,8,11H2,1-2H3,(H,24,28)(H,25,29)/t14-,20+/m1/s1. The van der Waals surface area contributed by atoms with E-state index in [1.165, 1.54) is 13.8 Å². The Morgan fingerprint density at radius 1 is 1.19 bits per heavy atom. The van der Waals surface area contributed by atoms with Gasteiger partial charge in [0.1, 0.15) is 6.04 Å². The third-order valence-corrected chi connectivity index (χ3v) is 5.57. The Morgan fingerprint density at radius 2 is 1.97 bits per heavy atom. The average molecular weight is 421 g/mol. The zero-order valence-corrected chi connectivity index (χ0v) is 17.3. The minimum absolute atomic E-state index is 0.0765. The molecule has 2 atom stereocenters. The first-order chi connectivity index (χ1) is 14.8. The molecule has 31 heavy (non-hydrogen) atoms. The summed E-state index contributed by atoms with van der Waals surface area (Å²) in [5, 5.41) is 5.48. The van der Waals surface area contributed by atoms with Crippen molar-refractivity contribution in [1.82, 2.24) is 0 Å².